The SMILES string of the molecule is C=C1/C(=C/C=C2/CCC[C@]3(C)[C@@H]([C@@H](CCCC(C)(C)O)CCC(=O)C(C)(C)O)CC[C@@H]23)C[C@@H](O)C[C@@H]1O. The van der Waals surface area contributed by atoms with Crippen LogP contribution in [0.1, 0.15) is 112 Å². The van der Waals surface area contributed by atoms with Gasteiger partial charge in [0, 0.05) is 12.8 Å². The molecule has 3 aliphatic rings. The Labute approximate surface area is 224 Å². The van der Waals surface area contributed by atoms with E-state index in [1.807, 2.05) is 13.8 Å². The lowest BCUT2D eigenvalue weighted by Crippen LogP contribution is -2.37. The van der Waals surface area contributed by atoms with Crippen molar-refractivity contribution in [2.45, 2.75) is 135 Å². The Morgan fingerprint density at radius 1 is 1.14 bits per heavy atom. The van der Waals surface area contributed by atoms with Gasteiger partial charge in [0.15, 0.2) is 5.78 Å². The highest BCUT2D eigenvalue weighted by molar-refractivity contribution is 5.86. The molecule has 0 aromatic heterocycles. The molecule has 0 amide bonds. The van der Waals surface area contributed by atoms with Gasteiger partial charge in [-0.1, -0.05) is 44.1 Å². The smallest absolute Gasteiger partial charge is 0.163 e. The third-order valence-corrected chi connectivity index (χ3v) is 9.66. The van der Waals surface area contributed by atoms with Crippen molar-refractivity contribution in [2.75, 3.05) is 0 Å². The van der Waals surface area contributed by atoms with E-state index in [4.69, 9.17) is 0 Å². The summed E-state index contributed by atoms with van der Waals surface area (Å²) in [5.74, 6) is 1.31. The summed E-state index contributed by atoms with van der Waals surface area (Å²) < 4.78 is 0. The average Bonchev–Trinajstić information content (AvgIpc) is 3.13. The van der Waals surface area contributed by atoms with Crippen LogP contribution < -0.4 is 0 Å². The molecule has 5 nitrogen and oxygen atoms in total. The molecule has 6 atom stereocenters. The number of Topliss-reactive ketones (excluding diaryl/α,β-unsaturated/α-hetero) is 1. The van der Waals surface area contributed by atoms with E-state index in [0.29, 0.717) is 37.0 Å². The van der Waals surface area contributed by atoms with Gasteiger partial charge in [0.2, 0.25) is 0 Å². The van der Waals surface area contributed by atoms with Crippen molar-refractivity contribution in [1.82, 2.24) is 0 Å². The Morgan fingerprint density at radius 3 is 2.49 bits per heavy atom. The normalized spacial score (nSPS) is 34.1. The molecular formula is C32H52O5. The van der Waals surface area contributed by atoms with E-state index in [1.165, 1.54) is 12.0 Å². The number of fused-ring (bicyclic) bond motifs is 1. The molecule has 5 heteroatoms. The van der Waals surface area contributed by atoms with Gasteiger partial charge in [0.1, 0.15) is 5.60 Å². The van der Waals surface area contributed by atoms with Crippen molar-refractivity contribution in [2.24, 2.45) is 23.2 Å². The summed E-state index contributed by atoms with van der Waals surface area (Å²) in [6, 6.07) is 0. The highest BCUT2D eigenvalue weighted by Gasteiger charge is 2.51. The van der Waals surface area contributed by atoms with Crippen molar-refractivity contribution in [3.8, 4) is 0 Å². The zero-order valence-corrected chi connectivity index (χ0v) is 23.9. The van der Waals surface area contributed by atoms with Crippen LogP contribution >= 0.6 is 0 Å². The van der Waals surface area contributed by atoms with Gasteiger partial charge in [0.25, 0.3) is 0 Å². The van der Waals surface area contributed by atoms with E-state index < -0.39 is 23.4 Å². The van der Waals surface area contributed by atoms with Crippen LogP contribution in [-0.2, 0) is 4.79 Å². The van der Waals surface area contributed by atoms with Gasteiger partial charge in [-0.05, 0) is 113 Å². The summed E-state index contributed by atoms with van der Waals surface area (Å²) in [5, 5.41) is 40.8. The highest BCUT2D eigenvalue weighted by atomic mass is 16.3. The number of allylic oxidation sites excluding steroid dienone is 3. The Kier molecular flexibility index (Phi) is 9.70. The molecule has 4 N–H and O–H groups in total. The second kappa shape index (κ2) is 11.9. The van der Waals surface area contributed by atoms with E-state index >= 15 is 0 Å². The molecular weight excluding hydrogens is 464 g/mol. The molecule has 3 rings (SSSR count). The first-order valence-corrected chi connectivity index (χ1v) is 14.5. The van der Waals surface area contributed by atoms with E-state index in [2.05, 4.69) is 25.7 Å². The predicted molar refractivity (Wildman–Crippen MR) is 149 cm³/mol. The third kappa shape index (κ3) is 7.65. The Balaban J connectivity index is 1.79. The molecule has 0 unspecified atom stereocenters. The maximum atomic E-state index is 12.6. The number of aliphatic hydroxyl groups is 4. The van der Waals surface area contributed by atoms with Crippen LogP contribution in [0.3, 0.4) is 0 Å². The van der Waals surface area contributed by atoms with Gasteiger partial charge in [-0.25, -0.2) is 0 Å². The molecule has 0 saturated heterocycles. The maximum absolute atomic E-state index is 12.6. The molecule has 3 fully saturated rings. The minimum absolute atomic E-state index is 0.0902. The number of hydrogen-bond acceptors (Lipinski definition) is 5. The molecule has 3 saturated carbocycles. The Bertz CT molecular complexity index is 886. The first kappa shape index (κ1) is 30.3. The Hall–Kier alpha value is -1.27. The topological polar surface area (TPSA) is 98.0 Å². The molecule has 0 aliphatic heterocycles. The van der Waals surface area contributed by atoms with Crippen LogP contribution in [0.2, 0.25) is 0 Å². The van der Waals surface area contributed by atoms with Crippen molar-refractivity contribution in [3.63, 3.8) is 0 Å². The van der Waals surface area contributed by atoms with E-state index in [-0.39, 0.29) is 11.2 Å². The van der Waals surface area contributed by atoms with Crippen LogP contribution in [0.4, 0.5) is 0 Å². The lowest BCUT2D eigenvalue weighted by atomic mass is 9.60. The number of rotatable bonds is 10. The number of carbonyl (C=O) groups is 1. The summed E-state index contributed by atoms with van der Waals surface area (Å²) in [6.45, 7) is 13.4. The molecule has 0 aromatic carbocycles. The van der Waals surface area contributed by atoms with Crippen molar-refractivity contribution < 1.29 is 25.2 Å². The number of aliphatic hydroxyl groups excluding tert-OH is 2. The largest absolute Gasteiger partial charge is 0.393 e. The highest BCUT2D eigenvalue weighted by Crippen LogP contribution is 2.60. The number of ketones is 1. The van der Waals surface area contributed by atoms with E-state index in [0.717, 1.165) is 62.5 Å². The first-order chi connectivity index (χ1) is 17.1. The zero-order valence-electron chi connectivity index (χ0n) is 23.9. The fourth-order valence-electron chi connectivity index (χ4n) is 7.48. The molecule has 3 aliphatic carbocycles. The molecule has 0 aromatic rings. The minimum Gasteiger partial charge on any atom is -0.393 e. The Morgan fingerprint density at radius 2 is 1.84 bits per heavy atom. The zero-order chi connectivity index (χ0) is 27.6. The quantitative estimate of drug-likeness (QED) is 0.294. The summed E-state index contributed by atoms with van der Waals surface area (Å²) >= 11 is 0. The summed E-state index contributed by atoms with van der Waals surface area (Å²) in [4.78, 5) is 12.6. The lowest BCUT2D eigenvalue weighted by molar-refractivity contribution is -0.134. The van der Waals surface area contributed by atoms with Gasteiger partial charge in [-0.3, -0.25) is 4.79 Å². The van der Waals surface area contributed by atoms with Gasteiger partial charge in [0.05, 0.1) is 17.8 Å². The average molecular weight is 517 g/mol. The predicted octanol–water partition coefficient (Wildman–Crippen LogP) is 5.81. The van der Waals surface area contributed by atoms with Crippen molar-refractivity contribution >= 4 is 5.78 Å². The molecule has 210 valence electrons. The van der Waals surface area contributed by atoms with Gasteiger partial charge in [-0.2, -0.15) is 0 Å². The maximum Gasteiger partial charge on any atom is 0.163 e. The molecule has 0 spiro atoms. The number of hydrogen-bond donors (Lipinski definition) is 4. The standard InChI is InChI=1S/C32H52O5/c1-21-24(19-25(33)20-28(21)34)12-11-22-10-8-18-32(6)26(22)14-15-27(32)23(9-7-17-30(2,3)36)13-16-29(35)31(4,5)37/h11-12,23,25-28,33-34,36-37H,1,7-10,13-20H2,2-6H3/b22-11-,24-12+/t23-,25+,26-,27+,28-,32-/m0/s1. The van der Waals surface area contributed by atoms with Gasteiger partial charge >= 0.3 is 0 Å². The second-order valence-electron chi connectivity index (χ2n) is 13.6. The van der Waals surface area contributed by atoms with Gasteiger partial charge < -0.3 is 20.4 Å². The second-order valence-corrected chi connectivity index (χ2v) is 13.6. The summed E-state index contributed by atoms with van der Waals surface area (Å²) in [6.07, 6.45) is 13.6. The van der Waals surface area contributed by atoms with Crippen LogP contribution in [-0.4, -0.2) is 49.6 Å². The van der Waals surface area contributed by atoms with Crippen molar-refractivity contribution in [1.29, 1.82) is 0 Å². The molecule has 37 heavy (non-hydrogen) atoms. The monoisotopic (exact) mass is 516 g/mol. The van der Waals surface area contributed by atoms with Gasteiger partial charge in [-0.15, -0.1) is 0 Å². The molecule has 0 radical (unpaired) electrons. The fourth-order valence-corrected chi connectivity index (χ4v) is 7.48. The van der Waals surface area contributed by atoms with Crippen LogP contribution in [0.5, 0.6) is 0 Å². The van der Waals surface area contributed by atoms with Crippen molar-refractivity contribution in [3.05, 3.63) is 35.5 Å². The number of carbonyl (C=O) groups excluding carboxylic acids is 1. The van der Waals surface area contributed by atoms with E-state index in [9.17, 15) is 25.2 Å². The third-order valence-electron chi connectivity index (χ3n) is 9.66. The summed E-state index contributed by atoms with van der Waals surface area (Å²) in [5.41, 5.74) is 1.34. The minimum atomic E-state index is -1.29. The first-order valence-electron chi connectivity index (χ1n) is 14.5. The lowest BCUT2D eigenvalue weighted by Gasteiger charge is -2.45. The fraction of sp³-hybridized carbons (Fsp3) is 0.781. The van der Waals surface area contributed by atoms with Crippen LogP contribution in [0, 0.1) is 23.2 Å². The van der Waals surface area contributed by atoms with Crippen LogP contribution in [0.25, 0.3) is 0 Å². The van der Waals surface area contributed by atoms with E-state index in [1.54, 1.807) is 13.8 Å². The van der Waals surface area contributed by atoms with Crippen LogP contribution in [0.15, 0.2) is 35.5 Å². The summed E-state index contributed by atoms with van der Waals surface area (Å²) in [7, 11) is 0. The molecule has 0 heterocycles. The molecule has 0 bridgehead atoms.